The fourth-order valence-electron chi connectivity index (χ4n) is 2.44. The zero-order valence-electron chi connectivity index (χ0n) is 11.4. The molecule has 0 spiro atoms. The summed E-state index contributed by atoms with van der Waals surface area (Å²) in [6.07, 6.45) is 5.92. The summed E-state index contributed by atoms with van der Waals surface area (Å²) < 4.78 is 5.02. The van der Waals surface area contributed by atoms with Crippen molar-refractivity contribution in [3.05, 3.63) is 41.2 Å². The average molecular weight is 304 g/mol. The summed E-state index contributed by atoms with van der Waals surface area (Å²) in [5, 5.41) is 6.38. The molecule has 0 bridgehead atoms. The predicted molar refractivity (Wildman–Crippen MR) is 80.7 cm³/mol. The average Bonchev–Trinajstić information content (AvgIpc) is 3.21. The highest BCUT2D eigenvalue weighted by molar-refractivity contribution is 7.18. The third kappa shape index (κ3) is 3.33. The number of amides is 2. The van der Waals surface area contributed by atoms with Crippen molar-refractivity contribution in [3.8, 4) is 0 Å². The van der Waals surface area contributed by atoms with Crippen LogP contribution >= 0.6 is 11.3 Å². The molecule has 2 amide bonds. The van der Waals surface area contributed by atoms with Gasteiger partial charge in [-0.15, -0.1) is 11.3 Å². The van der Waals surface area contributed by atoms with E-state index in [9.17, 15) is 9.59 Å². The Hall–Kier alpha value is -2.08. The van der Waals surface area contributed by atoms with Gasteiger partial charge in [0.15, 0.2) is 5.76 Å². The van der Waals surface area contributed by atoms with E-state index in [2.05, 4.69) is 10.6 Å². The molecule has 0 unspecified atom stereocenters. The standard InChI is InChI=1S/C15H16N2O3S/c18-14(11-6-3-9-20-11)17-13-8-7-12(21-13)15(19)16-10-4-1-2-5-10/h3,6-10H,1-2,4-5H2,(H,16,19)(H,17,18). The first-order chi connectivity index (χ1) is 10.2. The van der Waals surface area contributed by atoms with Crippen LogP contribution in [0.15, 0.2) is 34.9 Å². The third-order valence-electron chi connectivity index (χ3n) is 3.50. The Morgan fingerprint density at radius 3 is 2.67 bits per heavy atom. The zero-order valence-corrected chi connectivity index (χ0v) is 12.2. The predicted octanol–water partition coefficient (Wildman–Crippen LogP) is 3.27. The molecule has 1 aliphatic carbocycles. The minimum Gasteiger partial charge on any atom is -0.459 e. The molecule has 110 valence electrons. The van der Waals surface area contributed by atoms with Crippen molar-refractivity contribution in [1.29, 1.82) is 0 Å². The van der Waals surface area contributed by atoms with E-state index in [1.165, 1.54) is 30.4 Å². The van der Waals surface area contributed by atoms with Gasteiger partial charge in [0.05, 0.1) is 16.1 Å². The summed E-state index contributed by atoms with van der Waals surface area (Å²) in [7, 11) is 0. The van der Waals surface area contributed by atoms with Crippen LogP contribution in [0.3, 0.4) is 0 Å². The van der Waals surface area contributed by atoms with Gasteiger partial charge in [0.2, 0.25) is 0 Å². The van der Waals surface area contributed by atoms with Crippen LogP contribution in [0, 0.1) is 0 Å². The van der Waals surface area contributed by atoms with Crippen LogP contribution in [0.5, 0.6) is 0 Å². The summed E-state index contributed by atoms with van der Waals surface area (Å²) in [4.78, 5) is 24.5. The van der Waals surface area contributed by atoms with Gasteiger partial charge in [0, 0.05) is 6.04 Å². The molecule has 0 saturated heterocycles. The highest BCUT2D eigenvalue weighted by Crippen LogP contribution is 2.24. The molecule has 2 heterocycles. The van der Waals surface area contributed by atoms with E-state index in [1.807, 2.05) is 0 Å². The third-order valence-corrected chi connectivity index (χ3v) is 4.50. The number of carbonyl (C=O) groups excluding carboxylic acids is 2. The van der Waals surface area contributed by atoms with Crippen LogP contribution in [0.25, 0.3) is 0 Å². The van der Waals surface area contributed by atoms with Gasteiger partial charge >= 0.3 is 0 Å². The number of hydrogen-bond donors (Lipinski definition) is 2. The lowest BCUT2D eigenvalue weighted by atomic mass is 10.2. The Kier molecular flexibility index (Phi) is 4.06. The Balaban J connectivity index is 1.60. The number of hydrogen-bond acceptors (Lipinski definition) is 4. The molecule has 0 aromatic carbocycles. The van der Waals surface area contributed by atoms with Gasteiger partial charge in [-0.05, 0) is 37.1 Å². The smallest absolute Gasteiger partial charge is 0.291 e. The first-order valence-corrected chi connectivity index (χ1v) is 7.79. The lowest BCUT2D eigenvalue weighted by Crippen LogP contribution is -2.31. The van der Waals surface area contributed by atoms with E-state index in [-0.39, 0.29) is 17.6 Å². The fraction of sp³-hybridized carbons (Fsp3) is 0.333. The van der Waals surface area contributed by atoms with Crippen molar-refractivity contribution in [2.24, 2.45) is 0 Å². The number of carbonyl (C=O) groups is 2. The van der Waals surface area contributed by atoms with Gasteiger partial charge in [-0.3, -0.25) is 9.59 Å². The van der Waals surface area contributed by atoms with E-state index >= 15 is 0 Å². The largest absolute Gasteiger partial charge is 0.459 e. The molecular formula is C15H16N2O3S. The molecular weight excluding hydrogens is 288 g/mol. The Bertz CT molecular complexity index is 627. The molecule has 5 nitrogen and oxygen atoms in total. The fourth-order valence-corrected chi connectivity index (χ4v) is 3.24. The summed E-state index contributed by atoms with van der Waals surface area (Å²) in [5.41, 5.74) is 0. The first-order valence-electron chi connectivity index (χ1n) is 6.98. The van der Waals surface area contributed by atoms with Crippen LogP contribution < -0.4 is 10.6 Å². The zero-order chi connectivity index (χ0) is 14.7. The maximum Gasteiger partial charge on any atom is 0.291 e. The molecule has 0 radical (unpaired) electrons. The van der Waals surface area contributed by atoms with Gasteiger partial charge in [0.1, 0.15) is 0 Å². The monoisotopic (exact) mass is 304 g/mol. The van der Waals surface area contributed by atoms with E-state index in [0.717, 1.165) is 12.8 Å². The van der Waals surface area contributed by atoms with Gasteiger partial charge in [0.25, 0.3) is 11.8 Å². The summed E-state index contributed by atoms with van der Waals surface area (Å²) >= 11 is 1.26. The minimum atomic E-state index is -0.315. The maximum atomic E-state index is 12.1. The summed E-state index contributed by atoms with van der Waals surface area (Å²) in [5.74, 6) is -0.129. The van der Waals surface area contributed by atoms with Crippen LogP contribution in [0.1, 0.15) is 45.9 Å². The van der Waals surface area contributed by atoms with Crippen molar-refractivity contribution in [3.63, 3.8) is 0 Å². The minimum absolute atomic E-state index is 0.0644. The number of nitrogens with one attached hydrogen (secondary N) is 2. The van der Waals surface area contributed by atoms with E-state index in [4.69, 9.17) is 4.42 Å². The van der Waals surface area contributed by atoms with Gasteiger partial charge in [-0.2, -0.15) is 0 Å². The molecule has 2 aromatic heterocycles. The number of rotatable bonds is 4. The molecule has 3 rings (SSSR count). The molecule has 1 fully saturated rings. The number of anilines is 1. The van der Waals surface area contributed by atoms with Gasteiger partial charge in [-0.25, -0.2) is 0 Å². The highest BCUT2D eigenvalue weighted by atomic mass is 32.1. The summed E-state index contributed by atoms with van der Waals surface area (Å²) in [6, 6.07) is 7.00. The molecule has 2 aromatic rings. The first kappa shape index (κ1) is 13.9. The molecule has 0 aliphatic heterocycles. The maximum absolute atomic E-state index is 12.1. The van der Waals surface area contributed by atoms with Crippen molar-refractivity contribution in [1.82, 2.24) is 5.32 Å². The van der Waals surface area contributed by atoms with Crippen LogP contribution in [0.2, 0.25) is 0 Å². The van der Waals surface area contributed by atoms with Gasteiger partial charge in [-0.1, -0.05) is 12.8 Å². The van der Waals surface area contributed by atoms with E-state index in [1.54, 1.807) is 24.3 Å². The topological polar surface area (TPSA) is 71.3 Å². The van der Waals surface area contributed by atoms with Crippen LogP contribution in [-0.2, 0) is 0 Å². The second-order valence-electron chi connectivity index (χ2n) is 5.05. The Morgan fingerprint density at radius 2 is 1.95 bits per heavy atom. The quantitative estimate of drug-likeness (QED) is 0.910. The Morgan fingerprint density at radius 1 is 1.14 bits per heavy atom. The van der Waals surface area contributed by atoms with Crippen molar-refractivity contribution >= 4 is 28.2 Å². The second-order valence-corrected chi connectivity index (χ2v) is 6.13. The van der Waals surface area contributed by atoms with Crippen molar-refractivity contribution in [2.45, 2.75) is 31.7 Å². The van der Waals surface area contributed by atoms with Gasteiger partial charge < -0.3 is 15.1 Å². The van der Waals surface area contributed by atoms with Crippen LogP contribution in [-0.4, -0.2) is 17.9 Å². The molecule has 6 heteroatoms. The number of thiophene rings is 1. The Labute approximate surface area is 126 Å². The lowest BCUT2D eigenvalue weighted by molar-refractivity contribution is 0.0940. The SMILES string of the molecule is O=C(Nc1ccc(C(=O)NC2CCCC2)s1)c1ccco1. The van der Waals surface area contributed by atoms with Crippen molar-refractivity contribution in [2.75, 3.05) is 5.32 Å². The highest BCUT2D eigenvalue weighted by Gasteiger charge is 2.19. The normalized spacial score (nSPS) is 15.0. The van der Waals surface area contributed by atoms with Crippen molar-refractivity contribution < 1.29 is 14.0 Å². The summed E-state index contributed by atoms with van der Waals surface area (Å²) in [6.45, 7) is 0. The molecule has 2 N–H and O–H groups in total. The molecule has 21 heavy (non-hydrogen) atoms. The van der Waals surface area contributed by atoms with E-state index < -0.39 is 0 Å². The second kappa shape index (κ2) is 6.13. The van der Waals surface area contributed by atoms with Crippen LogP contribution in [0.4, 0.5) is 5.00 Å². The lowest BCUT2D eigenvalue weighted by Gasteiger charge is -2.10. The van der Waals surface area contributed by atoms with E-state index in [0.29, 0.717) is 15.9 Å². The molecule has 1 saturated carbocycles. The number of furan rings is 1. The molecule has 1 aliphatic rings. The molecule has 0 atom stereocenters.